The van der Waals surface area contributed by atoms with Gasteiger partial charge in [0.15, 0.2) is 9.84 Å². The summed E-state index contributed by atoms with van der Waals surface area (Å²) in [6.45, 7) is 3.89. The number of carbonyl (C=O) groups is 1. The van der Waals surface area contributed by atoms with Crippen LogP contribution in [0.5, 0.6) is 0 Å². The van der Waals surface area contributed by atoms with Crippen LogP contribution in [0, 0.1) is 0 Å². The molecule has 1 heterocycles. The van der Waals surface area contributed by atoms with Crippen LogP contribution < -0.4 is 5.32 Å². The number of imidazole rings is 1. The van der Waals surface area contributed by atoms with Crippen LogP contribution >= 0.6 is 11.8 Å². The predicted molar refractivity (Wildman–Crippen MR) is 113 cm³/mol. The Morgan fingerprint density at radius 1 is 1.14 bits per heavy atom. The second-order valence-corrected chi connectivity index (χ2v) is 10.1. The Morgan fingerprint density at radius 2 is 1.82 bits per heavy atom. The van der Waals surface area contributed by atoms with E-state index in [9.17, 15) is 13.2 Å². The van der Waals surface area contributed by atoms with E-state index in [1.165, 1.54) is 18.0 Å². The van der Waals surface area contributed by atoms with Gasteiger partial charge in [0.05, 0.1) is 33.0 Å². The molecule has 0 spiro atoms. The molecule has 0 radical (unpaired) electrons. The maximum absolute atomic E-state index is 12.3. The minimum absolute atomic E-state index is 0.0579. The molecule has 3 aromatic rings. The monoisotopic (exact) mass is 417 g/mol. The van der Waals surface area contributed by atoms with Gasteiger partial charge in [-0.05, 0) is 43.7 Å². The number of aromatic nitrogens is 2. The Hall–Kier alpha value is -2.32. The average Bonchev–Trinajstić information content (AvgIpc) is 3.10. The first-order valence-electron chi connectivity index (χ1n) is 8.89. The molecule has 148 valence electrons. The third kappa shape index (κ3) is 4.94. The fourth-order valence-electron chi connectivity index (χ4n) is 2.81. The van der Waals surface area contributed by atoms with E-state index in [-0.39, 0.29) is 22.1 Å². The topological polar surface area (TPSA) is 91.9 Å². The summed E-state index contributed by atoms with van der Waals surface area (Å²) >= 11 is 1.51. The van der Waals surface area contributed by atoms with E-state index in [0.717, 1.165) is 22.4 Å². The third-order valence-corrected chi connectivity index (χ3v) is 6.72. The number of nitrogens with one attached hydrogen (secondary N) is 2. The summed E-state index contributed by atoms with van der Waals surface area (Å²) in [6, 6.07) is 14.2. The number of benzene rings is 2. The zero-order valence-electron chi connectivity index (χ0n) is 16.0. The molecule has 0 fully saturated rings. The Labute approximate surface area is 169 Å². The van der Waals surface area contributed by atoms with Crippen LogP contribution in [0.2, 0.25) is 0 Å². The highest BCUT2D eigenvalue weighted by Crippen LogP contribution is 2.27. The molecule has 28 heavy (non-hydrogen) atoms. The van der Waals surface area contributed by atoms with Gasteiger partial charge in [0.1, 0.15) is 5.82 Å². The molecule has 6 nitrogen and oxygen atoms in total. The molecule has 0 bridgehead atoms. The minimum Gasteiger partial charge on any atom is -0.349 e. The number of hydrogen-bond donors (Lipinski definition) is 2. The number of aromatic amines is 1. The molecule has 8 heteroatoms. The molecular weight excluding hydrogens is 394 g/mol. The lowest BCUT2D eigenvalue weighted by Gasteiger charge is -2.15. The number of sulfone groups is 1. The summed E-state index contributed by atoms with van der Waals surface area (Å²) in [5.41, 5.74) is 2.76. The van der Waals surface area contributed by atoms with Gasteiger partial charge in [-0.3, -0.25) is 4.79 Å². The van der Waals surface area contributed by atoms with Crippen LogP contribution in [-0.2, 0) is 14.6 Å². The Bertz CT molecular complexity index is 1040. The third-order valence-electron chi connectivity index (χ3n) is 4.44. The van der Waals surface area contributed by atoms with E-state index in [0.29, 0.717) is 5.75 Å². The summed E-state index contributed by atoms with van der Waals surface area (Å²) in [5.74, 6) is 1.08. The molecule has 0 aliphatic carbocycles. The molecule has 2 aromatic carbocycles. The van der Waals surface area contributed by atoms with Crippen molar-refractivity contribution in [3.63, 3.8) is 0 Å². The smallest absolute Gasteiger partial charge is 0.230 e. The number of rotatable bonds is 7. The fourth-order valence-corrected chi connectivity index (χ4v) is 4.20. The minimum atomic E-state index is -3.22. The van der Waals surface area contributed by atoms with Crippen LogP contribution in [-0.4, -0.2) is 36.3 Å². The van der Waals surface area contributed by atoms with Gasteiger partial charge in [0, 0.05) is 6.26 Å². The highest BCUT2D eigenvalue weighted by atomic mass is 32.2. The van der Waals surface area contributed by atoms with Crippen LogP contribution in [0.25, 0.3) is 11.0 Å². The van der Waals surface area contributed by atoms with Crippen molar-refractivity contribution in [1.29, 1.82) is 0 Å². The number of fused-ring (bicyclic) bond motifs is 1. The maximum Gasteiger partial charge on any atom is 0.230 e. The molecule has 3 rings (SSSR count). The van der Waals surface area contributed by atoms with Crippen molar-refractivity contribution in [2.45, 2.75) is 30.0 Å². The van der Waals surface area contributed by atoms with Crippen molar-refractivity contribution < 1.29 is 13.2 Å². The Kier molecular flexibility index (Phi) is 6.10. The standard InChI is InChI=1S/C20H23N3O3S2/c1-13(15-8-10-16(11-9-15)28(3,25)26)21-19(24)12-27-14(2)20-22-17-6-4-5-7-18(17)23-20/h4-11,13-14H,12H2,1-3H3,(H,21,24)(H,22,23)/t13-,14+/m1/s1. The van der Waals surface area contributed by atoms with Crippen molar-refractivity contribution in [2.75, 3.05) is 12.0 Å². The lowest BCUT2D eigenvalue weighted by Crippen LogP contribution is -2.28. The van der Waals surface area contributed by atoms with Crippen molar-refractivity contribution in [3.8, 4) is 0 Å². The van der Waals surface area contributed by atoms with Crippen molar-refractivity contribution in [2.24, 2.45) is 0 Å². The van der Waals surface area contributed by atoms with Gasteiger partial charge in [-0.2, -0.15) is 0 Å². The molecular formula is C20H23N3O3S2. The molecule has 0 aliphatic heterocycles. The number of carbonyl (C=O) groups excluding carboxylic acids is 1. The lowest BCUT2D eigenvalue weighted by atomic mass is 10.1. The summed E-state index contributed by atoms with van der Waals surface area (Å²) in [6.07, 6.45) is 1.17. The van der Waals surface area contributed by atoms with Gasteiger partial charge in [-0.15, -0.1) is 11.8 Å². The average molecular weight is 418 g/mol. The first-order valence-corrected chi connectivity index (χ1v) is 11.8. The van der Waals surface area contributed by atoms with Gasteiger partial charge in [0.25, 0.3) is 0 Å². The zero-order valence-corrected chi connectivity index (χ0v) is 17.6. The summed E-state index contributed by atoms with van der Waals surface area (Å²) < 4.78 is 23.1. The number of nitrogens with zero attached hydrogens (tertiary/aromatic N) is 1. The molecule has 0 unspecified atom stereocenters. The zero-order chi connectivity index (χ0) is 20.3. The summed E-state index contributed by atoms with van der Waals surface area (Å²) in [5, 5.41) is 3.01. The van der Waals surface area contributed by atoms with Crippen LogP contribution in [0.3, 0.4) is 0 Å². The second kappa shape index (κ2) is 8.36. The van der Waals surface area contributed by atoms with E-state index >= 15 is 0 Å². The van der Waals surface area contributed by atoms with Gasteiger partial charge in [-0.1, -0.05) is 24.3 Å². The van der Waals surface area contributed by atoms with Gasteiger partial charge in [-0.25, -0.2) is 13.4 Å². The number of amides is 1. The predicted octanol–water partition coefficient (Wildman–Crippen LogP) is 3.64. The van der Waals surface area contributed by atoms with Crippen molar-refractivity contribution in [1.82, 2.24) is 15.3 Å². The lowest BCUT2D eigenvalue weighted by molar-refractivity contribution is -0.119. The molecule has 0 aliphatic rings. The Balaban J connectivity index is 1.54. The molecule has 1 amide bonds. The SMILES string of the molecule is C[C@H](SCC(=O)N[C@H](C)c1ccc(S(C)(=O)=O)cc1)c1nc2ccccc2[nH]1. The molecule has 2 atom stereocenters. The molecule has 0 saturated carbocycles. The highest BCUT2D eigenvalue weighted by molar-refractivity contribution is 8.00. The van der Waals surface area contributed by atoms with E-state index in [1.54, 1.807) is 24.3 Å². The van der Waals surface area contributed by atoms with E-state index in [4.69, 9.17) is 0 Å². The summed E-state index contributed by atoms with van der Waals surface area (Å²) in [4.78, 5) is 20.4. The van der Waals surface area contributed by atoms with E-state index < -0.39 is 9.84 Å². The highest BCUT2D eigenvalue weighted by Gasteiger charge is 2.15. The number of thioether (sulfide) groups is 1. The van der Waals surface area contributed by atoms with Crippen LogP contribution in [0.4, 0.5) is 0 Å². The maximum atomic E-state index is 12.3. The number of hydrogen-bond acceptors (Lipinski definition) is 5. The largest absolute Gasteiger partial charge is 0.349 e. The Morgan fingerprint density at radius 3 is 2.46 bits per heavy atom. The van der Waals surface area contributed by atoms with Gasteiger partial charge < -0.3 is 10.3 Å². The van der Waals surface area contributed by atoms with Crippen LogP contribution in [0.1, 0.15) is 36.5 Å². The van der Waals surface area contributed by atoms with Gasteiger partial charge >= 0.3 is 0 Å². The number of para-hydroxylation sites is 2. The number of H-pyrrole nitrogens is 1. The molecule has 0 saturated heterocycles. The van der Waals surface area contributed by atoms with Crippen molar-refractivity contribution >= 4 is 38.5 Å². The molecule has 2 N–H and O–H groups in total. The van der Waals surface area contributed by atoms with E-state index in [1.807, 2.05) is 38.1 Å². The van der Waals surface area contributed by atoms with Crippen molar-refractivity contribution in [3.05, 3.63) is 59.9 Å². The van der Waals surface area contributed by atoms with E-state index in [2.05, 4.69) is 15.3 Å². The molecule has 1 aromatic heterocycles. The van der Waals surface area contributed by atoms with Gasteiger partial charge in [0.2, 0.25) is 5.91 Å². The first kappa shape index (κ1) is 20.4. The fraction of sp³-hybridized carbons (Fsp3) is 0.300. The quantitative estimate of drug-likeness (QED) is 0.612. The summed E-state index contributed by atoms with van der Waals surface area (Å²) in [7, 11) is -3.22. The van der Waals surface area contributed by atoms with Crippen LogP contribution in [0.15, 0.2) is 53.4 Å². The normalized spacial score (nSPS) is 14.0. The second-order valence-electron chi connectivity index (χ2n) is 6.72. The first-order chi connectivity index (χ1) is 13.2.